The van der Waals surface area contributed by atoms with E-state index in [1.807, 2.05) is 6.92 Å². The number of hydrogen-bond donors (Lipinski definition) is 0. The maximum absolute atomic E-state index is 13.1. The minimum atomic E-state index is -4.06. The molecule has 3 nitrogen and oxygen atoms in total. The molecule has 0 aromatic heterocycles. The summed E-state index contributed by atoms with van der Waals surface area (Å²) in [5.74, 6) is -0.591. The Balaban J connectivity index is 3.06. The van der Waals surface area contributed by atoms with Gasteiger partial charge < -0.3 is 4.74 Å². The number of hydrogen-bond acceptors (Lipinski definition) is 3. The molecule has 1 aromatic carbocycles. The molecule has 0 aliphatic rings. The fourth-order valence-corrected chi connectivity index (χ4v) is 1.89. The molecule has 0 atom stereocenters. The third-order valence-corrected chi connectivity index (χ3v) is 2.98. The number of rotatable bonds is 4. The van der Waals surface area contributed by atoms with Gasteiger partial charge in [0.2, 0.25) is 0 Å². The van der Waals surface area contributed by atoms with E-state index in [9.17, 15) is 12.8 Å². The van der Waals surface area contributed by atoms with Crippen molar-refractivity contribution in [3.8, 4) is 5.75 Å². The van der Waals surface area contributed by atoms with Gasteiger partial charge in [-0.15, -0.1) is 0 Å². The van der Waals surface area contributed by atoms with Gasteiger partial charge in [0.25, 0.3) is 9.05 Å². The first kappa shape index (κ1) is 12.3. The van der Waals surface area contributed by atoms with Crippen LogP contribution >= 0.6 is 10.7 Å². The molecule has 0 spiro atoms. The third-order valence-electron chi connectivity index (χ3n) is 1.64. The van der Waals surface area contributed by atoms with Crippen molar-refractivity contribution in [1.82, 2.24) is 0 Å². The molecule has 0 saturated carbocycles. The highest BCUT2D eigenvalue weighted by Crippen LogP contribution is 2.24. The fourth-order valence-electron chi connectivity index (χ4n) is 0.980. The van der Waals surface area contributed by atoms with Crippen molar-refractivity contribution >= 4 is 19.7 Å². The molecule has 0 fully saturated rings. The molecule has 0 bridgehead atoms. The van der Waals surface area contributed by atoms with E-state index in [4.69, 9.17) is 15.4 Å². The Bertz CT molecular complexity index is 445. The summed E-state index contributed by atoms with van der Waals surface area (Å²) in [6.45, 7) is 2.34. The van der Waals surface area contributed by atoms with Crippen LogP contribution in [-0.2, 0) is 9.05 Å². The molecule has 0 aliphatic carbocycles. The third kappa shape index (κ3) is 3.35. The Labute approximate surface area is 92.2 Å². The van der Waals surface area contributed by atoms with Crippen LogP contribution in [0.4, 0.5) is 4.39 Å². The molecule has 15 heavy (non-hydrogen) atoms. The first-order chi connectivity index (χ1) is 6.95. The average Bonchev–Trinajstić information content (AvgIpc) is 2.15. The van der Waals surface area contributed by atoms with Gasteiger partial charge in [0.1, 0.15) is 16.5 Å². The van der Waals surface area contributed by atoms with E-state index in [1.54, 1.807) is 0 Å². The Morgan fingerprint density at radius 1 is 1.47 bits per heavy atom. The van der Waals surface area contributed by atoms with Gasteiger partial charge in [0.15, 0.2) is 0 Å². The zero-order valence-corrected chi connectivity index (χ0v) is 9.61. The quantitative estimate of drug-likeness (QED) is 0.774. The molecule has 0 unspecified atom stereocenters. The van der Waals surface area contributed by atoms with Crippen LogP contribution in [0.2, 0.25) is 0 Å². The Morgan fingerprint density at radius 2 is 2.13 bits per heavy atom. The van der Waals surface area contributed by atoms with Crippen LogP contribution in [0.15, 0.2) is 23.1 Å². The fraction of sp³-hybridized carbons (Fsp3) is 0.333. The molecule has 0 saturated heterocycles. The number of halogens is 2. The number of benzene rings is 1. The highest BCUT2D eigenvalue weighted by Gasteiger charge is 2.16. The minimum absolute atomic E-state index is 0.289. The lowest BCUT2D eigenvalue weighted by Gasteiger charge is -2.05. The van der Waals surface area contributed by atoms with E-state index in [1.165, 1.54) is 6.07 Å². The van der Waals surface area contributed by atoms with Crippen LogP contribution in [0, 0.1) is 5.82 Å². The van der Waals surface area contributed by atoms with Gasteiger partial charge in [-0.2, -0.15) is 0 Å². The molecule has 0 N–H and O–H groups in total. The van der Waals surface area contributed by atoms with E-state index in [0.29, 0.717) is 6.61 Å². The zero-order valence-electron chi connectivity index (χ0n) is 8.04. The van der Waals surface area contributed by atoms with Crippen LogP contribution in [0.5, 0.6) is 5.75 Å². The molecular formula is C9H10ClFO3S. The maximum Gasteiger partial charge on any atom is 0.264 e. The molecular weight excluding hydrogens is 243 g/mol. The normalized spacial score (nSPS) is 11.4. The maximum atomic E-state index is 13.1. The zero-order chi connectivity index (χ0) is 11.5. The highest BCUT2D eigenvalue weighted by molar-refractivity contribution is 8.13. The van der Waals surface area contributed by atoms with Gasteiger partial charge in [-0.1, -0.05) is 6.92 Å². The topological polar surface area (TPSA) is 43.4 Å². The van der Waals surface area contributed by atoms with E-state index in [2.05, 4.69) is 0 Å². The summed E-state index contributed by atoms with van der Waals surface area (Å²) in [6.07, 6.45) is 0.778. The summed E-state index contributed by atoms with van der Waals surface area (Å²) in [7, 11) is 0.983. The largest absolute Gasteiger partial charge is 0.494 e. The summed E-state index contributed by atoms with van der Waals surface area (Å²) < 4.78 is 40.1. The second kappa shape index (κ2) is 4.81. The van der Waals surface area contributed by atoms with Crippen molar-refractivity contribution in [3.05, 3.63) is 24.0 Å². The van der Waals surface area contributed by atoms with Crippen molar-refractivity contribution in [1.29, 1.82) is 0 Å². The van der Waals surface area contributed by atoms with Gasteiger partial charge in [0.05, 0.1) is 6.61 Å². The first-order valence-electron chi connectivity index (χ1n) is 4.32. The van der Waals surface area contributed by atoms with Crippen molar-refractivity contribution < 1.29 is 17.5 Å². The summed E-state index contributed by atoms with van der Waals surface area (Å²) in [5, 5.41) is 0. The molecule has 1 aromatic rings. The SMILES string of the molecule is CCCOc1ccc(F)c(S(=O)(=O)Cl)c1. The van der Waals surface area contributed by atoms with Crippen LogP contribution in [0.3, 0.4) is 0 Å². The van der Waals surface area contributed by atoms with Crippen LogP contribution in [0.1, 0.15) is 13.3 Å². The molecule has 0 amide bonds. The number of ether oxygens (including phenoxy) is 1. The molecule has 0 aliphatic heterocycles. The van der Waals surface area contributed by atoms with Crippen molar-refractivity contribution in [2.45, 2.75) is 18.2 Å². The van der Waals surface area contributed by atoms with E-state index in [0.717, 1.165) is 18.6 Å². The molecule has 0 heterocycles. The summed E-state index contributed by atoms with van der Waals surface area (Å²) >= 11 is 0. The predicted molar refractivity (Wildman–Crippen MR) is 55.2 cm³/mol. The lowest BCUT2D eigenvalue weighted by Crippen LogP contribution is -1.99. The summed E-state index contributed by atoms with van der Waals surface area (Å²) in [4.78, 5) is -0.558. The van der Waals surface area contributed by atoms with E-state index < -0.39 is 19.8 Å². The monoisotopic (exact) mass is 252 g/mol. The smallest absolute Gasteiger partial charge is 0.264 e. The summed E-state index contributed by atoms with van der Waals surface area (Å²) in [6, 6.07) is 3.45. The van der Waals surface area contributed by atoms with Gasteiger partial charge >= 0.3 is 0 Å². The molecule has 1 rings (SSSR count). The van der Waals surface area contributed by atoms with Crippen LogP contribution < -0.4 is 4.74 Å². The van der Waals surface area contributed by atoms with Gasteiger partial charge in [0, 0.05) is 16.7 Å². The molecule has 0 radical (unpaired) electrons. The van der Waals surface area contributed by atoms with Crippen molar-refractivity contribution in [2.24, 2.45) is 0 Å². The Hall–Kier alpha value is -0.810. The molecule has 84 valence electrons. The Morgan fingerprint density at radius 3 is 2.67 bits per heavy atom. The van der Waals surface area contributed by atoms with E-state index in [-0.39, 0.29) is 5.75 Å². The van der Waals surface area contributed by atoms with Crippen molar-refractivity contribution in [3.63, 3.8) is 0 Å². The van der Waals surface area contributed by atoms with Gasteiger partial charge in [-0.3, -0.25) is 0 Å². The predicted octanol–water partition coefficient (Wildman–Crippen LogP) is 2.54. The van der Waals surface area contributed by atoms with E-state index >= 15 is 0 Å². The second-order valence-electron chi connectivity index (χ2n) is 2.88. The lowest BCUT2D eigenvalue weighted by atomic mass is 10.3. The first-order valence-corrected chi connectivity index (χ1v) is 6.63. The standard InChI is InChI=1S/C9H10ClFO3S/c1-2-5-14-7-3-4-8(11)9(6-7)15(10,12)13/h3-4,6H,2,5H2,1H3. The minimum Gasteiger partial charge on any atom is -0.494 e. The highest BCUT2D eigenvalue weighted by atomic mass is 35.7. The summed E-state index contributed by atoms with van der Waals surface area (Å²) in [5.41, 5.74) is 0. The Kier molecular flexibility index (Phi) is 3.93. The van der Waals surface area contributed by atoms with Gasteiger partial charge in [-0.25, -0.2) is 12.8 Å². The lowest BCUT2D eigenvalue weighted by molar-refractivity contribution is 0.316. The average molecular weight is 253 g/mol. The van der Waals surface area contributed by atoms with Crippen molar-refractivity contribution in [2.75, 3.05) is 6.61 Å². The van der Waals surface area contributed by atoms with Gasteiger partial charge in [-0.05, 0) is 18.6 Å². The molecule has 6 heteroatoms. The van der Waals surface area contributed by atoms with Crippen LogP contribution in [-0.4, -0.2) is 15.0 Å². The second-order valence-corrected chi connectivity index (χ2v) is 5.41. The van der Waals surface area contributed by atoms with Crippen LogP contribution in [0.25, 0.3) is 0 Å².